The Labute approximate surface area is 146 Å². The van der Waals surface area contributed by atoms with Crippen LogP contribution >= 0.6 is 23.2 Å². The fraction of sp³-hybridized carbons (Fsp3) is 0.286. The summed E-state index contributed by atoms with van der Waals surface area (Å²) in [5, 5.41) is 3.69. The molecule has 0 radical (unpaired) electrons. The molecule has 8 heteroatoms. The van der Waals surface area contributed by atoms with Crippen molar-refractivity contribution >= 4 is 29.1 Å². The van der Waals surface area contributed by atoms with Crippen molar-refractivity contribution < 1.29 is 23.4 Å². The van der Waals surface area contributed by atoms with Gasteiger partial charge in [0.25, 0.3) is 5.91 Å². The van der Waals surface area contributed by atoms with Gasteiger partial charge in [-0.05, 0) is 24.6 Å². The summed E-state index contributed by atoms with van der Waals surface area (Å²) in [6, 6.07) is 4.87. The molecule has 0 bridgehead atoms. The van der Waals surface area contributed by atoms with Crippen molar-refractivity contribution in [2.24, 2.45) is 0 Å². The molecule has 0 atom stereocenters. The van der Waals surface area contributed by atoms with Gasteiger partial charge in [-0.25, -0.2) is 4.98 Å². The molecule has 0 aliphatic heterocycles. The molecule has 0 aliphatic rings. The fourth-order valence-corrected chi connectivity index (χ4v) is 2.16. The summed E-state index contributed by atoms with van der Waals surface area (Å²) in [5.74, 6) is 0.251. The number of carbonyl (C=O) groups is 1. The molecule has 22 heavy (non-hydrogen) atoms. The van der Waals surface area contributed by atoms with Gasteiger partial charge in [0.05, 0.1) is 11.3 Å². The average molecular weight is 365 g/mol. The topological polar surface area (TPSA) is 56.1 Å². The molecule has 0 unspecified atom stereocenters. The summed E-state index contributed by atoms with van der Waals surface area (Å²) in [7, 11) is 0. The Morgan fingerprint density at radius 2 is 2.23 bits per heavy atom. The van der Waals surface area contributed by atoms with Gasteiger partial charge in [-0.3, -0.25) is 4.79 Å². The second kappa shape index (κ2) is 9.56. The molecule has 1 aromatic heterocycles. The van der Waals surface area contributed by atoms with Crippen molar-refractivity contribution in [3.8, 4) is 5.75 Å². The standard InChI is InChI=1S/C14H15Cl2N3O2.ClH/c15-11-2-3-13(12(16)8-11)21-9-14(20)18-4-1-6-19-7-5-17-10-19;/h2-3,5,7-8,10H,1,4,6,9H2,(H,18,20);1H. The minimum Gasteiger partial charge on any atom is -1.00 e. The summed E-state index contributed by atoms with van der Waals surface area (Å²) < 4.78 is 7.29. The molecule has 1 amide bonds. The monoisotopic (exact) mass is 363 g/mol. The third kappa shape index (κ3) is 6.13. The molecule has 1 aromatic carbocycles. The number of hydrogen-bond acceptors (Lipinski definition) is 3. The molecule has 0 aliphatic carbocycles. The van der Waals surface area contributed by atoms with E-state index >= 15 is 0 Å². The number of aryl methyl sites for hydroxylation is 1. The van der Waals surface area contributed by atoms with Crippen molar-refractivity contribution in [2.45, 2.75) is 13.0 Å². The lowest BCUT2D eigenvalue weighted by Crippen LogP contribution is -3.00. The number of nitrogens with one attached hydrogen (secondary N) is 1. The smallest absolute Gasteiger partial charge is 1.00 e. The Balaban J connectivity index is 0.00000242. The predicted octanol–water partition coefficient (Wildman–Crippen LogP) is -0.108. The van der Waals surface area contributed by atoms with Gasteiger partial charge in [0.1, 0.15) is 5.75 Å². The number of hydrogen-bond donors (Lipinski definition) is 1. The molecule has 2 aromatic rings. The van der Waals surface area contributed by atoms with E-state index < -0.39 is 0 Å². The minimum absolute atomic E-state index is 0. The van der Waals surface area contributed by atoms with Crippen molar-refractivity contribution in [3.63, 3.8) is 0 Å². The lowest BCUT2D eigenvalue weighted by Gasteiger charge is -2.09. The molecule has 120 valence electrons. The first kappa shape index (κ1) is 18.6. The van der Waals surface area contributed by atoms with Gasteiger partial charge in [-0.15, -0.1) is 0 Å². The summed E-state index contributed by atoms with van der Waals surface area (Å²) in [6.07, 6.45) is 6.17. The highest BCUT2D eigenvalue weighted by atomic mass is 35.5. The molecular formula is C14H16Cl3N3O2. The molecular weight excluding hydrogens is 349 g/mol. The number of carbonyl (C=O) groups excluding carboxylic acids is 1. The summed E-state index contributed by atoms with van der Waals surface area (Å²) >= 11 is 11.7. The maximum Gasteiger partial charge on any atom is 1.00 e. The van der Waals surface area contributed by atoms with Gasteiger partial charge < -0.3 is 27.0 Å². The Bertz CT molecular complexity index is 597. The van der Waals surface area contributed by atoms with E-state index in [-0.39, 0.29) is 26.3 Å². The largest absolute Gasteiger partial charge is 1.00 e. The maximum atomic E-state index is 11.6. The first-order valence-corrected chi connectivity index (χ1v) is 7.21. The zero-order valence-corrected chi connectivity index (χ0v) is 13.9. The van der Waals surface area contributed by atoms with Crippen LogP contribution in [0.4, 0.5) is 0 Å². The molecule has 0 saturated carbocycles. The summed E-state index contributed by atoms with van der Waals surface area (Å²) in [5.41, 5.74) is 0. The molecule has 5 nitrogen and oxygen atoms in total. The van der Waals surface area contributed by atoms with Crippen LogP contribution in [0.25, 0.3) is 0 Å². The van der Waals surface area contributed by atoms with Crippen LogP contribution in [-0.2, 0) is 11.3 Å². The van der Waals surface area contributed by atoms with Crippen LogP contribution in [0.1, 0.15) is 7.85 Å². The van der Waals surface area contributed by atoms with Gasteiger partial charge in [-0.1, -0.05) is 23.2 Å². The molecule has 1 heterocycles. The van der Waals surface area contributed by atoms with Crippen LogP contribution in [-0.4, -0.2) is 28.6 Å². The van der Waals surface area contributed by atoms with Gasteiger partial charge in [0.2, 0.25) is 0 Å². The number of aromatic nitrogens is 2. The van der Waals surface area contributed by atoms with Crippen molar-refractivity contribution in [1.29, 1.82) is 0 Å². The van der Waals surface area contributed by atoms with Crippen LogP contribution < -0.4 is 22.5 Å². The highest BCUT2D eigenvalue weighted by molar-refractivity contribution is 6.35. The molecule has 1 N–H and O–H groups in total. The van der Waals surface area contributed by atoms with E-state index in [2.05, 4.69) is 10.3 Å². The van der Waals surface area contributed by atoms with Gasteiger partial charge in [0, 0.05) is 30.5 Å². The summed E-state index contributed by atoms with van der Waals surface area (Å²) in [6.45, 7) is 1.31. The number of halogens is 3. The van der Waals surface area contributed by atoms with Gasteiger partial charge >= 0.3 is 1.43 Å². The van der Waals surface area contributed by atoms with Crippen molar-refractivity contribution in [1.82, 2.24) is 14.9 Å². The van der Waals surface area contributed by atoms with Crippen LogP contribution in [0.15, 0.2) is 36.9 Å². The number of nitrogens with zero attached hydrogens (tertiary/aromatic N) is 2. The van der Waals surface area contributed by atoms with E-state index in [0.29, 0.717) is 22.3 Å². The summed E-state index contributed by atoms with van der Waals surface area (Å²) in [4.78, 5) is 15.6. The first-order chi connectivity index (χ1) is 10.1. The highest BCUT2D eigenvalue weighted by Crippen LogP contribution is 2.27. The van der Waals surface area contributed by atoms with E-state index in [9.17, 15) is 4.79 Å². The van der Waals surface area contributed by atoms with Crippen molar-refractivity contribution in [3.05, 3.63) is 47.0 Å². The number of imidazole rings is 1. The Hall–Kier alpha value is -1.43. The van der Waals surface area contributed by atoms with Gasteiger partial charge in [-0.2, -0.15) is 0 Å². The SMILES string of the molecule is O=C(COc1ccc(Cl)cc1Cl)NCCCn1ccnc1.[Cl-].[H+]. The molecule has 0 spiro atoms. The van der Waals surface area contributed by atoms with E-state index in [4.69, 9.17) is 27.9 Å². The first-order valence-electron chi connectivity index (χ1n) is 6.45. The number of rotatable bonds is 7. The lowest BCUT2D eigenvalue weighted by atomic mass is 10.3. The van der Waals surface area contributed by atoms with Crippen LogP contribution in [0.3, 0.4) is 0 Å². The minimum atomic E-state index is -0.188. The van der Waals surface area contributed by atoms with Crippen LogP contribution in [0.2, 0.25) is 10.0 Å². The van der Waals surface area contributed by atoms with Crippen LogP contribution in [0, 0.1) is 0 Å². The van der Waals surface area contributed by atoms with Gasteiger partial charge in [0.15, 0.2) is 6.61 Å². The van der Waals surface area contributed by atoms with E-state index in [1.54, 1.807) is 30.7 Å². The number of ether oxygens (including phenoxy) is 1. The second-order valence-electron chi connectivity index (χ2n) is 4.37. The third-order valence-electron chi connectivity index (χ3n) is 2.73. The average Bonchev–Trinajstić information content (AvgIpc) is 2.96. The Kier molecular flexibility index (Phi) is 8.09. The van der Waals surface area contributed by atoms with Crippen LogP contribution in [0.5, 0.6) is 5.75 Å². The normalized spacial score (nSPS) is 9.91. The fourth-order valence-electron chi connectivity index (χ4n) is 1.70. The Morgan fingerprint density at radius 3 is 2.91 bits per heavy atom. The molecule has 2 rings (SSSR count). The lowest BCUT2D eigenvalue weighted by molar-refractivity contribution is -0.123. The number of amides is 1. The Morgan fingerprint density at radius 1 is 1.41 bits per heavy atom. The van der Waals surface area contributed by atoms with E-state index in [1.807, 2.05) is 10.8 Å². The van der Waals surface area contributed by atoms with E-state index in [0.717, 1.165) is 13.0 Å². The molecule has 0 fully saturated rings. The zero-order chi connectivity index (χ0) is 15.1. The highest BCUT2D eigenvalue weighted by Gasteiger charge is 2.06. The third-order valence-corrected chi connectivity index (χ3v) is 3.26. The van der Waals surface area contributed by atoms with E-state index in [1.165, 1.54) is 0 Å². The zero-order valence-electron chi connectivity index (χ0n) is 12.6. The quantitative estimate of drug-likeness (QED) is 0.698. The maximum absolute atomic E-state index is 11.6. The predicted molar refractivity (Wildman–Crippen MR) is 82.9 cm³/mol. The number of benzene rings is 1. The second-order valence-corrected chi connectivity index (χ2v) is 5.21. The molecule has 0 saturated heterocycles. The van der Waals surface area contributed by atoms with Crippen molar-refractivity contribution in [2.75, 3.05) is 13.2 Å².